The first-order valence-corrected chi connectivity index (χ1v) is 6.98. The van der Waals surface area contributed by atoms with Crippen LogP contribution in [0.4, 0.5) is 0 Å². The molecule has 1 aromatic rings. The van der Waals surface area contributed by atoms with Crippen molar-refractivity contribution in [1.82, 2.24) is 15.0 Å². The average Bonchev–Trinajstić information content (AvgIpc) is 3.00. The molecule has 2 heterocycles. The van der Waals surface area contributed by atoms with Crippen LogP contribution in [-0.4, -0.2) is 39.3 Å². The van der Waals surface area contributed by atoms with Crippen molar-refractivity contribution in [2.45, 2.75) is 45.3 Å². The van der Waals surface area contributed by atoms with Crippen molar-refractivity contribution in [3.63, 3.8) is 0 Å². The summed E-state index contributed by atoms with van der Waals surface area (Å²) in [4.78, 5) is 6.73. The van der Waals surface area contributed by atoms with Gasteiger partial charge in [-0.2, -0.15) is 4.98 Å². The molecule has 18 heavy (non-hydrogen) atoms. The van der Waals surface area contributed by atoms with Crippen LogP contribution in [-0.2, 0) is 13.0 Å². The second-order valence-corrected chi connectivity index (χ2v) is 5.62. The summed E-state index contributed by atoms with van der Waals surface area (Å²) in [6.07, 6.45) is 3.96. The third-order valence-electron chi connectivity index (χ3n) is 4.24. The van der Waals surface area contributed by atoms with Crippen LogP contribution in [0.2, 0.25) is 0 Å². The third kappa shape index (κ3) is 2.29. The smallest absolute Gasteiger partial charge is 0.240 e. The molecule has 0 radical (unpaired) electrons. The average molecular weight is 251 g/mol. The number of rotatable bonds is 4. The molecule has 0 spiro atoms. The zero-order valence-corrected chi connectivity index (χ0v) is 10.9. The molecule has 1 N–H and O–H groups in total. The molecule has 1 saturated heterocycles. The monoisotopic (exact) mass is 251 g/mol. The first kappa shape index (κ1) is 12.1. The van der Waals surface area contributed by atoms with Crippen LogP contribution in [0.15, 0.2) is 4.52 Å². The number of nitrogens with zero attached hydrogens (tertiary/aromatic N) is 3. The molecule has 3 atom stereocenters. The number of hydrogen-bond donors (Lipinski definition) is 1. The van der Waals surface area contributed by atoms with Gasteiger partial charge in [0.05, 0.1) is 12.6 Å². The fourth-order valence-corrected chi connectivity index (χ4v) is 3.33. The minimum atomic E-state index is -0.0988. The highest BCUT2D eigenvalue weighted by Gasteiger charge is 2.41. The summed E-state index contributed by atoms with van der Waals surface area (Å²) in [5.74, 6) is 2.65. The van der Waals surface area contributed by atoms with Gasteiger partial charge >= 0.3 is 0 Å². The number of aromatic nitrogens is 2. The van der Waals surface area contributed by atoms with E-state index in [0.717, 1.165) is 51.1 Å². The van der Waals surface area contributed by atoms with E-state index in [9.17, 15) is 5.11 Å². The first-order valence-electron chi connectivity index (χ1n) is 6.98. The van der Waals surface area contributed by atoms with E-state index < -0.39 is 0 Å². The van der Waals surface area contributed by atoms with Crippen molar-refractivity contribution in [2.24, 2.45) is 11.8 Å². The molecule has 0 aromatic carbocycles. The maximum atomic E-state index is 9.88. The van der Waals surface area contributed by atoms with E-state index >= 15 is 0 Å². The van der Waals surface area contributed by atoms with Crippen molar-refractivity contribution >= 4 is 0 Å². The molecule has 1 aliphatic heterocycles. The number of hydrogen-bond acceptors (Lipinski definition) is 5. The Morgan fingerprint density at radius 1 is 1.39 bits per heavy atom. The zero-order chi connectivity index (χ0) is 12.5. The Labute approximate surface area is 107 Å². The molecule has 1 aliphatic carbocycles. The minimum Gasteiger partial charge on any atom is -0.393 e. The molecule has 1 saturated carbocycles. The molecular weight excluding hydrogens is 230 g/mol. The molecule has 3 unspecified atom stereocenters. The standard InChI is InChI=1S/C13H21N3O2/c1-2-3-12-14-13(18-15-12)8-16-6-9-4-5-11(17)10(9)7-16/h9-11,17H,2-8H2,1H3. The molecule has 2 fully saturated rings. The number of aliphatic hydroxyl groups is 1. The highest BCUT2D eigenvalue weighted by molar-refractivity contribution is 4.95. The number of aryl methyl sites for hydroxylation is 1. The van der Waals surface area contributed by atoms with Gasteiger partial charge in [0.1, 0.15) is 0 Å². The summed E-state index contributed by atoms with van der Waals surface area (Å²) in [6, 6.07) is 0. The van der Waals surface area contributed by atoms with Gasteiger partial charge in [-0.25, -0.2) is 0 Å². The van der Waals surface area contributed by atoms with Crippen LogP contribution in [0, 0.1) is 11.8 Å². The van der Waals surface area contributed by atoms with Gasteiger partial charge in [0.25, 0.3) is 0 Å². The van der Waals surface area contributed by atoms with E-state index in [2.05, 4.69) is 22.0 Å². The number of fused-ring (bicyclic) bond motifs is 1. The number of likely N-dealkylation sites (tertiary alicyclic amines) is 1. The van der Waals surface area contributed by atoms with Gasteiger partial charge in [-0.1, -0.05) is 12.1 Å². The highest BCUT2D eigenvalue weighted by Crippen LogP contribution is 2.38. The topological polar surface area (TPSA) is 62.4 Å². The Hall–Kier alpha value is -0.940. The molecule has 2 aliphatic rings. The maximum Gasteiger partial charge on any atom is 0.240 e. The predicted octanol–water partition coefficient (Wildman–Crippen LogP) is 1.22. The van der Waals surface area contributed by atoms with Gasteiger partial charge < -0.3 is 9.63 Å². The maximum absolute atomic E-state index is 9.88. The molecule has 3 rings (SSSR count). The van der Waals surface area contributed by atoms with E-state index in [1.165, 1.54) is 0 Å². The van der Waals surface area contributed by atoms with Gasteiger partial charge in [0.2, 0.25) is 5.89 Å². The Kier molecular flexibility index (Phi) is 3.35. The van der Waals surface area contributed by atoms with Crippen LogP contribution >= 0.6 is 0 Å². The number of aliphatic hydroxyl groups excluding tert-OH is 1. The third-order valence-corrected chi connectivity index (χ3v) is 4.24. The molecule has 100 valence electrons. The summed E-state index contributed by atoms with van der Waals surface area (Å²) < 4.78 is 5.26. The minimum absolute atomic E-state index is 0.0988. The summed E-state index contributed by atoms with van der Waals surface area (Å²) in [6.45, 7) is 4.88. The van der Waals surface area contributed by atoms with Gasteiger partial charge in [-0.05, 0) is 25.2 Å². The second-order valence-electron chi connectivity index (χ2n) is 5.62. The lowest BCUT2D eigenvalue weighted by atomic mass is 10.00. The van der Waals surface area contributed by atoms with E-state index in [0.29, 0.717) is 17.7 Å². The predicted molar refractivity (Wildman–Crippen MR) is 65.8 cm³/mol. The van der Waals surface area contributed by atoms with Gasteiger partial charge in [0.15, 0.2) is 5.82 Å². The fraction of sp³-hybridized carbons (Fsp3) is 0.846. The Bertz CT molecular complexity index is 407. The SMILES string of the molecule is CCCc1noc(CN2CC3CCC(O)C3C2)n1. The molecular formula is C13H21N3O2. The Balaban J connectivity index is 1.57. The second kappa shape index (κ2) is 4.97. The Morgan fingerprint density at radius 3 is 3.06 bits per heavy atom. The van der Waals surface area contributed by atoms with Crippen LogP contribution in [0.25, 0.3) is 0 Å². The van der Waals surface area contributed by atoms with Gasteiger partial charge in [0, 0.05) is 25.4 Å². The van der Waals surface area contributed by atoms with E-state index in [1.807, 2.05) is 0 Å². The lowest BCUT2D eigenvalue weighted by molar-refractivity contribution is 0.122. The molecule has 0 bridgehead atoms. The van der Waals surface area contributed by atoms with Crippen molar-refractivity contribution in [3.8, 4) is 0 Å². The van der Waals surface area contributed by atoms with Crippen LogP contribution in [0.1, 0.15) is 37.9 Å². The van der Waals surface area contributed by atoms with Gasteiger partial charge in [-0.3, -0.25) is 4.90 Å². The molecule has 5 heteroatoms. The van der Waals surface area contributed by atoms with Gasteiger partial charge in [-0.15, -0.1) is 0 Å². The van der Waals surface area contributed by atoms with Crippen molar-refractivity contribution in [1.29, 1.82) is 0 Å². The fourth-order valence-electron chi connectivity index (χ4n) is 3.33. The largest absolute Gasteiger partial charge is 0.393 e. The summed E-state index contributed by atoms with van der Waals surface area (Å²) in [5, 5.41) is 13.9. The quantitative estimate of drug-likeness (QED) is 0.872. The first-order chi connectivity index (χ1) is 8.76. The molecule has 0 amide bonds. The van der Waals surface area contributed by atoms with Crippen LogP contribution in [0.3, 0.4) is 0 Å². The lowest BCUT2D eigenvalue weighted by Crippen LogP contribution is -2.24. The normalized spacial score (nSPS) is 32.0. The van der Waals surface area contributed by atoms with Crippen molar-refractivity contribution in [3.05, 3.63) is 11.7 Å². The van der Waals surface area contributed by atoms with Crippen LogP contribution in [0.5, 0.6) is 0 Å². The molecule has 5 nitrogen and oxygen atoms in total. The van der Waals surface area contributed by atoms with Crippen molar-refractivity contribution in [2.75, 3.05) is 13.1 Å². The van der Waals surface area contributed by atoms with E-state index in [4.69, 9.17) is 4.52 Å². The summed E-state index contributed by atoms with van der Waals surface area (Å²) in [5.41, 5.74) is 0. The van der Waals surface area contributed by atoms with E-state index in [-0.39, 0.29) is 6.10 Å². The van der Waals surface area contributed by atoms with Crippen LogP contribution < -0.4 is 0 Å². The zero-order valence-electron chi connectivity index (χ0n) is 10.9. The highest BCUT2D eigenvalue weighted by atomic mass is 16.5. The summed E-state index contributed by atoms with van der Waals surface area (Å²) in [7, 11) is 0. The van der Waals surface area contributed by atoms with Crippen molar-refractivity contribution < 1.29 is 9.63 Å². The Morgan fingerprint density at radius 2 is 2.28 bits per heavy atom. The summed E-state index contributed by atoms with van der Waals surface area (Å²) >= 11 is 0. The lowest BCUT2D eigenvalue weighted by Gasteiger charge is -2.15. The van der Waals surface area contributed by atoms with E-state index in [1.54, 1.807) is 0 Å². The molecule has 1 aromatic heterocycles.